The van der Waals surface area contributed by atoms with Crippen LogP contribution >= 0.6 is 15.9 Å². The number of halogens is 1. The maximum absolute atomic E-state index is 5.40. The van der Waals surface area contributed by atoms with Crippen molar-refractivity contribution in [1.82, 2.24) is 4.98 Å². The average molecular weight is 259 g/mol. The summed E-state index contributed by atoms with van der Waals surface area (Å²) in [4.78, 5) is 4.20. The van der Waals surface area contributed by atoms with Gasteiger partial charge in [-0.15, -0.1) is 0 Å². The van der Waals surface area contributed by atoms with Crippen molar-refractivity contribution in [3.63, 3.8) is 0 Å². The summed E-state index contributed by atoms with van der Waals surface area (Å²) in [5, 5.41) is 3.21. The smallest absolute Gasteiger partial charge is 0.140 e. The quantitative estimate of drug-likeness (QED) is 0.882. The Balaban J connectivity index is 2.41. The second-order valence-electron chi connectivity index (χ2n) is 2.98. The lowest BCUT2D eigenvalue weighted by molar-refractivity contribution is 0.0855. The van der Waals surface area contributed by atoms with E-state index in [0.717, 1.165) is 23.4 Å². The van der Waals surface area contributed by atoms with Gasteiger partial charge in [0.1, 0.15) is 5.82 Å². The molecule has 4 heteroatoms. The summed E-state index contributed by atoms with van der Waals surface area (Å²) >= 11 is 3.42. The van der Waals surface area contributed by atoms with E-state index in [1.165, 1.54) is 0 Å². The zero-order valence-electron chi connectivity index (χ0n) is 8.46. The second-order valence-corrected chi connectivity index (χ2v) is 3.84. The number of pyridine rings is 1. The van der Waals surface area contributed by atoms with Crippen LogP contribution in [0, 0.1) is 0 Å². The van der Waals surface area contributed by atoms with E-state index in [2.05, 4.69) is 26.2 Å². The van der Waals surface area contributed by atoms with Gasteiger partial charge in [-0.05, 0) is 41.9 Å². The highest BCUT2D eigenvalue weighted by atomic mass is 79.9. The second kappa shape index (κ2) is 5.98. The highest BCUT2D eigenvalue weighted by Gasteiger charge is 2.03. The molecule has 0 bridgehead atoms. The maximum Gasteiger partial charge on any atom is 0.140 e. The van der Waals surface area contributed by atoms with Gasteiger partial charge in [0, 0.05) is 19.3 Å². The standard InChI is InChI=1S/C10H15BrN2O/c1-3-14-8(2)7-13-10-9(11)5-4-6-12-10/h4-6,8H,3,7H2,1-2H3,(H,12,13). The highest BCUT2D eigenvalue weighted by molar-refractivity contribution is 9.10. The van der Waals surface area contributed by atoms with E-state index in [1.54, 1.807) is 6.20 Å². The molecular weight excluding hydrogens is 244 g/mol. The van der Waals surface area contributed by atoms with E-state index in [0.29, 0.717) is 0 Å². The van der Waals surface area contributed by atoms with Crippen molar-refractivity contribution in [3.8, 4) is 0 Å². The summed E-state index contributed by atoms with van der Waals surface area (Å²) in [6.45, 7) is 5.54. The molecule has 1 aromatic heterocycles. The van der Waals surface area contributed by atoms with Gasteiger partial charge in [0.15, 0.2) is 0 Å². The third kappa shape index (κ3) is 3.64. The fraction of sp³-hybridized carbons (Fsp3) is 0.500. The molecule has 0 aliphatic heterocycles. The highest BCUT2D eigenvalue weighted by Crippen LogP contribution is 2.17. The molecule has 0 saturated carbocycles. The molecule has 0 aliphatic carbocycles. The molecule has 1 N–H and O–H groups in total. The SMILES string of the molecule is CCOC(C)CNc1ncccc1Br. The van der Waals surface area contributed by atoms with E-state index in [1.807, 2.05) is 26.0 Å². The number of hydrogen-bond donors (Lipinski definition) is 1. The first-order chi connectivity index (χ1) is 6.74. The first-order valence-corrected chi connectivity index (χ1v) is 5.49. The number of anilines is 1. The van der Waals surface area contributed by atoms with Crippen LogP contribution in [0.3, 0.4) is 0 Å². The molecule has 14 heavy (non-hydrogen) atoms. The largest absolute Gasteiger partial charge is 0.377 e. The Kier molecular flexibility index (Phi) is 4.90. The van der Waals surface area contributed by atoms with Gasteiger partial charge < -0.3 is 10.1 Å². The predicted molar refractivity (Wildman–Crippen MR) is 61.5 cm³/mol. The van der Waals surface area contributed by atoms with Crippen LogP contribution in [0.15, 0.2) is 22.8 Å². The molecule has 0 spiro atoms. The fourth-order valence-corrected chi connectivity index (χ4v) is 1.49. The van der Waals surface area contributed by atoms with Crippen LogP contribution in [0.25, 0.3) is 0 Å². The van der Waals surface area contributed by atoms with Crippen LogP contribution in [-0.4, -0.2) is 24.2 Å². The van der Waals surface area contributed by atoms with Crippen LogP contribution in [0.2, 0.25) is 0 Å². The van der Waals surface area contributed by atoms with E-state index < -0.39 is 0 Å². The van der Waals surface area contributed by atoms with Crippen molar-refractivity contribution in [2.45, 2.75) is 20.0 Å². The van der Waals surface area contributed by atoms with Crippen molar-refractivity contribution in [2.24, 2.45) is 0 Å². The molecular formula is C10H15BrN2O. The van der Waals surface area contributed by atoms with Crippen molar-refractivity contribution in [2.75, 3.05) is 18.5 Å². The van der Waals surface area contributed by atoms with Gasteiger partial charge in [0.2, 0.25) is 0 Å². The van der Waals surface area contributed by atoms with E-state index in [9.17, 15) is 0 Å². The lowest BCUT2D eigenvalue weighted by atomic mass is 10.4. The Morgan fingerprint density at radius 3 is 3.07 bits per heavy atom. The van der Waals surface area contributed by atoms with Gasteiger partial charge in [-0.2, -0.15) is 0 Å². The molecule has 0 fully saturated rings. The van der Waals surface area contributed by atoms with E-state index in [-0.39, 0.29) is 6.10 Å². The van der Waals surface area contributed by atoms with E-state index >= 15 is 0 Å². The first kappa shape index (κ1) is 11.5. The molecule has 0 aliphatic rings. The third-order valence-electron chi connectivity index (χ3n) is 1.77. The summed E-state index contributed by atoms with van der Waals surface area (Å²) in [6.07, 6.45) is 1.97. The zero-order valence-corrected chi connectivity index (χ0v) is 10.0. The summed E-state index contributed by atoms with van der Waals surface area (Å²) in [6, 6.07) is 3.85. The maximum atomic E-state index is 5.40. The molecule has 1 rings (SSSR count). The Hall–Kier alpha value is -0.610. The van der Waals surface area contributed by atoms with Gasteiger partial charge in [-0.25, -0.2) is 4.98 Å². The molecule has 0 aromatic carbocycles. The molecule has 1 atom stereocenters. The van der Waals surface area contributed by atoms with Crippen LogP contribution in [0.1, 0.15) is 13.8 Å². The summed E-state index contributed by atoms with van der Waals surface area (Å²) in [7, 11) is 0. The molecule has 1 heterocycles. The molecule has 3 nitrogen and oxygen atoms in total. The van der Waals surface area contributed by atoms with Crippen molar-refractivity contribution in [3.05, 3.63) is 22.8 Å². The summed E-state index contributed by atoms with van der Waals surface area (Å²) < 4.78 is 6.37. The third-order valence-corrected chi connectivity index (χ3v) is 2.41. The first-order valence-electron chi connectivity index (χ1n) is 4.70. The average Bonchev–Trinajstić information content (AvgIpc) is 2.17. The van der Waals surface area contributed by atoms with Gasteiger partial charge in [0.05, 0.1) is 10.6 Å². The Labute approximate surface area is 93.0 Å². The van der Waals surface area contributed by atoms with Gasteiger partial charge in [0.25, 0.3) is 0 Å². The zero-order chi connectivity index (χ0) is 10.4. The minimum Gasteiger partial charge on any atom is -0.377 e. The summed E-state index contributed by atoms with van der Waals surface area (Å²) in [5.41, 5.74) is 0. The van der Waals surface area contributed by atoms with Crippen molar-refractivity contribution < 1.29 is 4.74 Å². The van der Waals surface area contributed by atoms with Crippen LogP contribution in [0.5, 0.6) is 0 Å². The Morgan fingerprint density at radius 2 is 2.43 bits per heavy atom. The molecule has 1 unspecified atom stereocenters. The molecule has 0 amide bonds. The van der Waals surface area contributed by atoms with Gasteiger partial charge in [-0.1, -0.05) is 0 Å². The van der Waals surface area contributed by atoms with Crippen LogP contribution < -0.4 is 5.32 Å². The molecule has 78 valence electrons. The van der Waals surface area contributed by atoms with Crippen molar-refractivity contribution in [1.29, 1.82) is 0 Å². The van der Waals surface area contributed by atoms with Gasteiger partial charge >= 0.3 is 0 Å². The molecule has 1 aromatic rings. The topological polar surface area (TPSA) is 34.1 Å². The Bertz CT molecular complexity index is 281. The number of nitrogens with one attached hydrogen (secondary N) is 1. The normalized spacial score (nSPS) is 12.5. The van der Waals surface area contributed by atoms with Crippen LogP contribution in [-0.2, 0) is 4.74 Å². The molecule has 0 saturated heterocycles. The number of ether oxygens (including phenoxy) is 1. The number of nitrogens with zero attached hydrogens (tertiary/aromatic N) is 1. The minimum absolute atomic E-state index is 0.203. The number of hydrogen-bond acceptors (Lipinski definition) is 3. The molecule has 0 radical (unpaired) electrons. The lowest BCUT2D eigenvalue weighted by Crippen LogP contribution is -2.20. The minimum atomic E-state index is 0.203. The van der Waals surface area contributed by atoms with Crippen molar-refractivity contribution >= 4 is 21.7 Å². The summed E-state index contributed by atoms with van der Waals surface area (Å²) in [5.74, 6) is 0.860. The lowest BCUT2D eigenvalue weighted by Gasteiger charge is -2.13. The number of aromatic nitrogens is 1. The predicted octanol–water partition coefficient (Wildman–Crippen LogP) is 2.68. The fourth-order valence-electron chi connectivity index (χ4n) is 1.10. The van der Waals surface area contributed by atoms with Gasteiger partial charge in [-0.3, -0.25) is 0 Å². The number of rotatable bonds is 5. The van der Waals surface area contributed by atoms with Crippen LogP contribution in [0.4, 0.5) is 5.82 Å². The van der Waals surface area contributed by atoms with E-state index in [4.69, 9.17) is 4.74 Å². The Morgan fingerprint density at radius 1 is 1.64 bits per heavy atom. The monoisotopic (exact) mass is 258 g/mol.